The van der Waals surface area contributed by atoms with Gasteiger partial charge in [-0.2, -0.15) is 0 Å². The molecule has 1 saturated heterocycles. The van der Waals surface area contributed by atoms with Gasteiger partial charge in [0.25, 0.3) is 11.5 Å². The summed E-state index contributed by atoms with van der Waals surface area (Å²) in [7, 11) is 1.64. The summed E-state index contributed by atoms with van der Waals surface area (Å²) in [6.07, 6.45) is 4.16. The lowest BCUT2D eigenvalue weighted by Crippen LogP contribution is -2.35. The first-order chi connectivity index (χ1) is 12.0. The van der Waals surface area contributed by atoms with Gasteiger partial charge in [-0.25, -0.2) is 0 Å². The topological polar surface area (TPSA) is 71.4 Å². The molecule has 1 N–H and O–H groups in total. The molecule has 25 heavy (non-hydrogen) atoms. The summed E-state index contributed by atoms with van der Waals surface area (Å²) >= 11 is 0. The Morgan fingerprint density at radius 2 is 1.88 bits per heavy atom. The van der Waals surface area contributed by atoms with Crippen LogP contribution in [0.25, 0.3) is 0 Å². The summed E-state index contributed by atoms with van der Waals surface area (Å²) in [6.45, 7) is 1.13. The average molecular weight is 339 g/mol. The fraction of sp³-hybridized carbons (Fsp3) is 0.316. The van der Waals surface area contributed by atoms with Crippen LogP contribution in [0.3, 0.4) is 0 Å². The second kappa shape index (κ2) is 7.34. The third-order valence-corrected chi connectivity index (χ3v) is 4.39. The van der Waals surface area contributed by atoms with Crippen LogP contribution in [0, 0.1) is 0 Å². The van der Waals surface area contributed by atoms with Crippen LogP contribution in [0.15, 0.2) is 47.4 Å². The Labute approximate surface area is 146 Å². The molecule has 2 aromatic rings. The van der Waals surface area contributed by atoms with Crippen LogP contribution >= 0.6 is 0 Å². The lowest BCUT2D eigenvalue weighted by atomic mass is 10.1. The normalized spacial score (nSPS) is 14.4. The lowest BCUT2D eigenvalue weighted by Gasteiger charge is -2.26. The van der Waals surface area contributed by atoms with Crippen LogP contribution in [0.2, 0.25) is 0 Å². The van der Waals surface area contributed by atoms with Crippen molar-refractivity contribution in [3.05, 3.63) is 64.1 Å². The van der Waals surface area contributed by atoms with Crippen molar-refractivity contribution in [3.8, 4) is 0 Å². The number of piperidine rings is 1. The van der Waals surface area contributed by atoms with Crippen molar-refractivity contribution >= 4 is 17.5 Å². The Balaban J connectivity index is 1.61. The standard InChI is InChI=1S/C19H21N3O3/c1-21-11-9-15(12-18(21)24)19(25)20-13-14-5-7-16(8-6-14)22-10-3-2-4-17(22)23/h5-9,11-12H,2-4,10,13H2,1H3,(H,20,25). The molecule has 2 amide bonds. The Morgan fingerprint density at radius 3 is 2.56 bits per heavy atom. The fourth-order valence-electron chi connectivity index (χ4n) is 2.85. The highest BCUT2D eigenvalue weighted by atomic mass is 16.2. The molecule has 1 aromatic carbocycles. The zero-order valence-electron chi connectivity index (χ0n) is 14.2. The van der Waals surface area contributed by atoms with Gasteiger partial charge in [-0.1, -0.05) is 12.1 Å². The largest absolute Gasteiger partial charge is 0.348 e. The van der Waals surface area contributed by atoms with Crippen molar-refractivity contribution in [1.82, 2.24) is 9.88 Å². The maximum absolute atomic E-state index is 12.1. The van der Waals surface area contributed by atoms with E-state index in [0.29, 0.717) is 18.5 Å². The molecule has 0 unspecified atom stereocenters. The second-order valence-corrected chi connectivity index (χ2v) is 6.22. The van der Waals surface area contributed by atoms with Gasteiger partial charge in [0.05, 0.1) is 0 Å². The van der Waals surface area contributed by atoms with Crippen molar-refractivity contribution in [2.24, 2.45) is 7.05 Å². The lowest BCUT2D eigenvalue weighted by molar-refractivity contribution is -0.119. The first kappa shape index (κ1) is 17.0. The van der Waals surface area contributed by atoms with Crippen molar-refractivity contribution in [3.63, 3.8) is 0 Å². The molecule has 3 rings (SSSR count). The van der Waals surface area contributed by atoms with Crippen LogP contribution in [0.4, 0.5) is 5.69 Å². The molecule has 0 atom stereocenters. The smallest absolute Gasteiger partial charge is 0.251 e. The summed E-state index contributed by atoms with van der Waals surface area (Å²) < 4.78 is 1.41. The van der Waals surface area contributed by atoms with Crippen LogP contribution < -0.4 is 15.8 Å². The molecule has 0 spiro atoms. The van der Waals surface area contributed by atoms with Gasteiger partial charge in [0.15, 0.2) is 0 Å². The Bertz CT molecular complexity index is 840. The van der Waals surface area contributed by atoms with Gasteiger partial charge in [0.2, 0.25) is 5.91 Å². The van der Waals surface area contributed by atoms with E-state index < -0.39 is 0 Å². The highest BCUT2D eigenvalue weighted by molar-refractivity contribution is 5.94. The molecule has 1 fully saturated rings. The van der Waals surface area contributed by atoms with Gasteiger partial charge < -0.3 is 14.8 Å². The zero-order valence-corrected chi connectivity index (χ0v) is 14.2. The predicted octanol–water partition coefficient (Wildman–Crippen LogP) is 1.83. The first-order valence-corrected chi connectivity index (χ1v) is 8.39. The molecule has 0 saturated carbocycles. The van der Waals surface area contributed by atoms with E-state index in [9.17, 15) is 14.4 Å². The number of pyridine rings is 1. The molecule has 6 nitrogen and oxygen atoms in total. The van der Waals surface area contributed by atoms with E-state index in [0.717, 1.165) is 30.6 Å². The quantitative estimate of drug-likeness (QED) is 0.924. The zero-order chi connectivity index (χ0) is 17.8. The molecule has 130 valence electrons. The van der Waals surface area contributed by atoms with Gasteiger partial charge in [0.1, 0.15) is 0 Å². The SMILES string of the molecule is Cn1ccc(C(=O)NCc2ccc(N3CCCCC3=O)cc2)cc1=O. The van der Waals surface area contributed by atoms with E-state index in [1.54, 1.807) is 19.3 Å². The summed E-state index contributed by atoms with van der Waals surface area (Å²) in [5.74, 6) is -0.119. The van der Waals surface area contributed by atoms with Crippen LogP contribution in [0.1, 0.15) is 35.2 Å². The van der Waals surface area contributed by atoms with E-state index in [2.05, 4.69) is 5.32 Å². The summed E-state index contributed by atoms with van der Waals surface area (Å²) in [4.78, 5) is 37.5. The van der Waals surface area contributed by atoms with Crippen molar-refractivity contribution in [2.45, 2.75) is 25.8 Å². The van der Waals surface area contributed by atoms with Crippen molar-refractivity contribution in [2.75, 3.05) is 11.4 Å². The molecule has 1 aliphatic rings. The Hall–Kier alpha value is -2.89. The molecule has 1 aliphatic heterocycles. The number of amides is 2. The third-order valence-electron chi connectivity index (χ3n) is 4.39. The number of hydrogen-bond donors (Lipinski definition) is 1. The Morgan fingerprint density at radius 1 is 1.12 bits per heavy atom. The minimum absolute atomic E-state index is 0.165. The summed E-state index contributed by atoms with van der Waals surface area (Å²) in [6, 6.07) is 10.6. The van der Waals surface area contributed by atoms with E-state index in [1.807, 2.05) is 29.2 Å². The number of hydrogen-bond acceptors (Lipinski definition) is 3. The molecular weight excluding hydrogens is 318 g/mol. The van der Waals surface area contributed by atoms with Gasteiger partial charge in [-0.05, 0) is 36.6 Å². The number of nitrogens with zero attached hydrogens (tertiary/aromatic N) is 2. The maximum Gasteiger partial charge on any atom is 0.251 e. The van der Waals surface area contributed by atoms with Crippen LogP contribution in [-0.2, 0) is 18.4 Å². The molecule has 0 radical (unpaired) electrons. The van der Waals surface area contributed by atoms with E-state index in [4.69, 9.17) is 0 Å². The highest BCUT2D eigenvalue weighted by Gasteiger charge is 2.19. The number of carbonyl (C=O) groups excluding carboxylic acids is 2. The minimum atomic E-state index is -0.284. The molecule has 0 aliphatic carbocycles. The number of anilines is 1. The van der Waals surface area contributed by atoms with Crippen LogP contribution in [0.5, 0.6) is 0 Å². The minimum Gasteiger partial charge on any atom is -0.348 e. The molecule has 1 aromatic heterocycles. The number of nitrogens with one attached hydrogen (secondary N) is 1. The van der Waals surface area contributed by atoms with Gasteiger partial charge in [-0.15, -0.1) is 0 Å². The van der Waals surface area contributed by atoms with Crippen LogP contribution in [-0.4, -0.2) is 22.9 Å². The highest BCUT2D eigenvalue weighted by Crippen LogP contribution is 2.21. The van der Waals surface area contributed by atoms with E-state index in [1.165, 1.54) is 10.6 Å². The molecule has 0 bridgehead atoms. The molecule has 2 heterocycles. The van der Waals surface area contributed by atoms with Gasteiger partial charge in [-0.3, -0.25) is 14.4 Å². The first-order valence-electron chi connectivity index (χ1n) is 8.39. The third kappa shape index (κ3) is 3.96. The fourth-order valence-corrected chi connectivity index (χ4v) is 2.85. The average Bonchev–Trinajstić information content (AvgIpc) is 2.63. The number of aromatic nitrogens is 1. The predicted molar refractivity (Wildman–Crippen MR) is 95.5 cm³/mol. The second-order valence-electron chi connectivity index (χ2n) is 6.22. The number of rotatable bonds is 4. The maximum atomic E-state index is 12.1. The summed E-state index contributed by atoms with van der Waals surface area (Å²) in [5.41, 5.74) is 1.96. The van der Waals surface area contributed by atoms with E-state index >= 15 is 0 Å². The van der Waals surface area contributed by atoms with E-state index in [-0.39, 0.29) is 17.4 Å². The van der Waals surface area contributed by atoms with Crippen molar-refractivity contribution < 1.29 is 9.59 Å². The van der Waals surface area contributed by atoms with Gasteiger partial charge >= 0.3 is 0 Å². The molecular formula is C19H21N3O3. The number of benzene rings is 1. The Kier molecular flexibility index (Phi) is 4.97. The number of aryl methyl sites for hydroxylation is 1. The monoisotopic (exact) mass is 339 g/mol. The van der Waals surface area contributed by atoms with Gasteiger partial charge in [0, 0.05) is 50.1 Å². The summed E-state index contributed by atoms with van der Waals surface area (Å²) in [5, 5.41) is 2.80. The molecule has 6 heteroatoms. The number of carbonyl (C=O) groups is 2. The van der Waals surface area contributed by atoms with Crippen molar-refractivity contribution in [1.29, 1.82) is 0 Å².